The topological polar surface area (TPSA) is 49.3 Å². The van der Waals surface area contributed by atoms with E-state index in [0.717, 1.165) is 11.1 Å². The van der Waals surface area contributed by atoms with Gasteiger partial charge < -0.3 is 10.4 Å². The van der Waals surface area contributed by atoms with Crippen molar-refractivity contribution in [3.8, 4) is 0 Å². The van der Waals surface area contributed by atoms with E-state index in [9.17, 15) is 9.90 Å². The van der Waals surface area contributed by atoms with Crippen molar-refractivity contribution in [2.75, 3.05) is 5.75 Å². The Kier molecular flexibility index (Phi) is 4.21. The Labute approximate surface area is 118 Å². The van der Waals surface area contributed by atoms with Crippen LogP contribution in [0.5, 0.6) is 0 Å². The highest BCUT2D eigenvalue weighted by molar-refractivity contribution is 8.01. The molecular weight excluding hydrogens is 258 g/mol. The van der Waals surface area contributed by atoms with Crippen LogP contribution in [0.4, 0.5) is 0 Å². The zero-order valence-corrected chi connectivity index (χ0v) is 12.5. The third-order valence-electron chi connectivity index (χ3n) is 3.16. The summed E-state index contributed by atoms with van der Waals surface area (Å²) < 4.78 is 0.0730. The zero-order chi connectivity index (χ0) is 14.0. The van der Waals surface area contributed by atoms with Gasteiger partial charge in [0.05, 0.1) is 17.9 Å². The lowest BCUT2D eigenvalue weighted by Crippen LogP contribution is -2.35. The van der Waals surface area contributed by atoms with E-state index in [0.29, 0.717) is 12.2 Å². The van der Waals surface area contributed by atoms with Crippen LogP contribution in [0.1, 0.15) is 37.9 Å². The highest BCUT2D eigenvalue weighted by Gasteiger charge is 2.31. The van der Waals surface area contributed by atoms with Gasteiger partial charge in [0, 0.05) is 11.2 Å². The number of carbonyl (C=O) groups is 1. The van der Waals surface area contributed by atoms with Crippen molar-refractivity contribution in [2.45, 2.75) is 44.1 Å². The second-order valence-electron chi connectivity index (χ2n) is 5.92. The lowest BCUT2D eigenvalue weighted by molar-refractivity contribution is -0.120. The lowest BCUT2D eigenvalue weighted by Gasteiger charge is -2.20. The lowest BCUT2D eigenvalue weighted by atomic mass is 10.1. The molecule has 1 aromatic rings. The van der Waals surface area contributed by atoms with E-state index in [2.05, 4.69) is 26.1 Å². The molecule has 2 atom stereocenters. The van der Waals surface area contributed by atoms with Crippen LogP contribution in [0.2, 0.25) is 0 Å². The molecule has 0 aromatic heterocycles. The number of rotatable bonds is 3. The Balaban J connectivity index is 1.98. The standard InChI is InChI=1S/C15H21NO2S/c1-15(2,3)19-9-13(18)16-14-11-7-5-4-6-10(11)8-12(14)17/h4-7,12,14,17H,8-9H2,1-3H3,(H,16,18). The van der Waals surface area contributed by atoms with E-state index in [1.165, 1.54) is 0 Å². The van der Waals surface area contributed by atoms with Crippen LogP contribution in [0, 0.1) is 0 Å². The van der Waals surface area contributed by atoms with Crippen molar-refractivity contribution >= 4 is 17.7 Å². The number of aliphatic hydroxyl groups excluding tert-OH is 1. The number of aliphatic hydroxyl groups is 1. The molecule has 0 aliphatic heterocycles. The molecule has 0 heterocycles. The summed E-state index contributed by atoms with van der Waals surface area (Å²) in [7, 11) is 0. The van der Waals surface area contributed by atoms with E-state index in [-0.39, 0.29) is 16.7 Å². The summed E-state index contributed by atoms with van der Waals surface area (Å²) in [5, 5.41) is 13.0. The van der Waals surface area contributed by atoms with Gasteiger partial charge in [0.2, 0.25) is 5.91 Å². The molecule has 104 valence electrons. The minimum Gasteiger partial charge on any atom is -0.390 e. The Morgan fingerprint density at radius 1 is 1.42 bits per heavy atom. The second-order valence-corrected chi connectivity index (χ2v) is 7.72. The van der Waals surface area contributed by atoms with Crippen molar-refractivity contribution in [1.82, 2.24) is 5.32 Å². The van der Waals surface area contributed by atoms with Gasteiger partial charge in [-0.3, -0.25) is 4.79 Å². The third kappa shape index (κ3) is 3.74. The smallest absolute Gasteiger partial charge is 0.230 e. The van der Waals surface area contributed by atoms with E-state index < -0.39 is 6.10 Å². The van der Waals surface area contributed by atoms with Crippen molar-refractivity contribution < 1.29 is 9.90 Å². The van der Waals surface area contributed by atoms with Crippen LogP contribution in [-0.4, -0.2) is 27.6 Å². The summed E-state index contributed by atoms with van der Waals surface area (Å²) in [6.45, 7) is 6.26. The molecule has 2 N–H and O–H groups in total. The Morgan fingerprint density at radius 3 is 2.79 bits per heavy atom. The van der Waals surface area contributed by atoms with E-state index in [1.807, 2.05) is 24.3 Å². The predicted octanol–water partition coefficient (Wildman–Crippen LogP) is 2.29. The van der Waals surface area contributed by atoms with Crippen LogP contribution in [-0.2, 0) is 11.2 Å². The summed E-state index contributed by atoms with van der Waals surface area (Å²) in [6.07, 6.45) is 0.106. The molecule has 2 unspecified atom stereocenters. The Morgan fingerprint density at radius 2 is 2.11 bits per heavy atom. The second kappa shape index (κ2) is 5.55. The number of hydrogen-bond acceptors (Lipinski definition) is 3. The van der Waals surface area contributed by atoms with Gasteiger partial charge in [-0.2, -0.15) is 0 Å². The number of benzene rings is 1. The van der Waals surface area contributed by atoms with Crippen molar-refractivity contribution in [2.24, 2.45) is 0 Å². The quantitative estimate of drug-likeness (QED) is 0.892. The largest absolute Gasteiger partial charge is 0.390 e. The van der Waals surface area contributed by atoms with Crippen LogP contribution >= 0.6 is 11.8 Å². The number of fused-ring (bicyclic) bond motifs is 1. The monoisotopic (exact) mass is 279 g/mol. The molecule has 2 rings (SSSR count). The number of amides is 1. The van der Waals surface area contributed by atoms with Crippen LogP contribution in [0.25, 0.3) is 0 Å². The first-order valence-electron chi connectivity index (χ1n) is 6.56. The Bertz CT molecular complexity index is 467. The van der Waals surface area contributed by atoms with Gasteiger partial charge in [0.15, 0.2) is 0 Å². The van der Waals surface area contributed by atoms with E-state index in [4.69, 9.17) is 0 Å². The normalized spacial score (nSPS) is 22.1. The van der Waals surface area contributed by atoms with Gasteiger partial charge in [0.25, 0.3) is 0 Å². The zero-order valence-electron chi connectivity index (χ0n) is 11.6. The van der Waals surface area contributed by atoms with Gasteiger partial charge >= 0.3 is 0 Å². The molecule has 0 fully saturated rings. The number of thioether (sulfide) groups is 1. The minimum atomic E-state index is -0.513. The molecule has 1 aliphatic rings. The van der Waals surface area contributed by atoms with Crippen molar-refractivity contribution in [3.63, 3.8) is 0 Å². The number of nitrogens with one attached hydrogen (secondary N) is 1. The Hall–Kier alpha value is -1.00. The van der Waals surface area contributed by atoms with Gasteiger partial charge in [-0.1, -0.05) is 45.0 Å². The molecule has 4 heteroatoms. The maximum atomic E-state index is 12.0. The summed E-state index contributed by atoms with van der Waals surface area (Å²) in [5.41, 5.74) is 2.17. The summed E-state index contributed by atoms with van der Waals surface area (Å²) in [4.78, 5) is 12.0. The molecule has 0 saturated carbocycles. The summed E-state index contributed by atoms with van der Waals surface area (Å²) in [6, 6.07) is 7.64. The van der Waals surface area contributed by atoms with E-state index in [1.54, 1.807) is 11.8 Å². The van der Waals surface area contributed by atoms with Gasteiger partial charge in [-0.05, 0) is 11.1 Å². The molecule has 3 nitrogen and oxygen atoms in total. The number of hydrogen-bond donors (Lipinski definition) is 2. The summed E-state index contributed by atoms with van der Waals surface area (Å²) >= 11 is 1.61. The molecule has 0 spiro atoms. The van der Waals surface area contributed by atoms with Crippen molar-refractivity contribution in [1.29, 1.82) is 0 Å². The highest BCUT2D eigenvalue weighted by atomic mass is 32.2. The molecule has 0 bridgehead atoms. The van der Waals surface area contributed by atoms with Gasteiger partial charge in [-0.25, -0.2) is 0 Å². The third-order valence-corrected chi connectivity index (χ3v) is 4.43. The molecular formula is C15H21NO2S. The van der Waals surface area contributed by atoms with Gasteiger partial charge in [0.1, 0.15) is 0 Å². The first-order chi connectivity index (χ1) is 8.87. The fourth-order valence-electron chi connectivity index (χ4n) is 2.25. The SMILES string of the molecule is CC(C)(C)SCC(=O)NC1c2ccccc2CC1O. The maximum Gasteiger partial charge on any atom is 0.230 e. The summed E-state index contributed by atoms with van der Waals surface area (Å²) in [5.74, 6) is 0.412. The predicted molar refractivity (Wildman–Crippen MR) is 79.2 cm³/mol. The fraction of sp³-hybridized carbons (Fsp3) is 0.533. The minimum absolute atomic E-state index is 0.0133. The maximum absolute atomic E-state index is 12.0. The molecule has 19 heavy (non-hydrogen) atoms. The fourth-order valence-corrected chi connectivity index (χ4v) is 2.89. The first-order valence-corrected chi connectivity index (χ1v) is 7.54. The average molecular weight is 279 g/mol. The number of carbonyl (C=O) groups excluding carboxylic acids is 1. The van der Waals surface area contributed by atoms with Gasteiger partial charge in [-0.15, -0.1) is 11.8 Å². The highest BCUT2D eigenvalue weighted by Crippen LogP contribution is 2.31. The van der Waals surface area contributed by atoms with Crippen LogP contribution in [0.3, 0.4) is 0 Å². The molecule has 0 saturated heterocycles. The van der Waals surface area contributed by atoms with Crippen LogP contribution in [0.15, 0.2) is 24.3 Å². The molecule has 1 amide bonds. The van der Waals surface area contributed by atoms with Crippen molar-refractivity contribution in [3.05, 3.63) is 35.4 Å². The first kappa shape index (κ1) is 14.4. The molecule has 1 aromatic carbocycles. The van der Waals surface area contributed by atoms with E-state index >= 15 is 0 Å². The molecule has 0 radical (unpaired) electrons. The van der Waals surface area contributed by atoms with Crippen LogP contribution < -0.4 is 5.32 Å². The average Bonchev–Trinajstić information content (AvgIpc) is 2.63. The molecule has 1 aliphatic carbocycles.